The average molecular weight is 218 g/mol. The molecule has 0 radical (unpaired) electrons. The molecule has 0 spiro atoms. The molecule has 0 fully saturated rings. The van der Waals surface area contributed by atoms with E-state index in [9.17, 15) is 10.2 Å². The Hall–Kier alpha value is -2.24. The van der Waals surface area contributed by atoms with Gasteiger partial charge in [0.2, 0.25) is 17.7 Å². The molecule has 16 heavy (non-hydrogen) atoms. The fourth-order valence-electron chi connectivity index (χ4n) is 1.98. The Kier molecular flexibility index (Phi) is 1.76. The van der Waals surface area contributed by atoms with E-state index in [0.29, 0.717) is 18.8 Å². The summed E-state index contributed by atoms with van der Waals surface area (Å²) in [6.45, 7) is 0. The molecule has 0 aliphatic heterocycles. The van der Waals surface area contributed by atoms with Crippen molar-refractivity contribution >= 4 is 0 Å². The summed E-state index contributed by atoms with van der Waals surface area (Å²) in [6, 6.07) is 0. The van der Waals surface area contributed by atoms with Crippen LogP contribution in [0.4, 0.5) is 0 Å². The predicted molar refractivity (Wildman–Crippen MR) is 55.6 cm³/mol. The minimum atomic E-state index is 0.0219. The normalized spacial score (nSPS) is 14.0. The van der Waals surface area contributed by atoms with Crippen molar-refractivity contribution in [2.75, 3.05) is 0 Å². The Morgan fingerprint density at radius 1 is 1.12 bits per heavy atom. The molecule has 82 valence electrons. The highest BCUT2D eigenvalue weighted by Crippen LogP contribution is 2.38. The lowest BCUT2D eigenvalue weighted by molar-refractivity contribution is 0.396. The number of H-pyrrole nitrogens is 1. The van der Waals surface area contributed by atoms with Crippen LogP contribution in [-0.4, -0.2) is 30.0 Å². The molecule has 0 saturated carbocycles. The fourth-order valence-corrected chi connectivity index (χ4v) is 1.98. The second-order valence-electron chi connectivity index (χ2n) is 3.63. The topological polar surface area (TPSA) is 87.0 Å². The van der Waals surface area contributed by atoms with Crippen molar-refractivity contribution < 1.29 is 10.2 Å². The largest absolute Gasteiger partial charge is 0.494 e. The third-order valence-corrected chi connectivity index (χ3v) is 2.75. The third-order valence-electron chi connectivity index (χ3n) is 2.75. The summed E-state index contributed by atoms with van der Waals surface area (Å²) in [5, 5.41) is 26.3. The van der Waals surface area contributed by atoms with Gasteiger partial charge < -0.3 is 10.2 Å². The van der Waals surface area contributed by atoms with Gasteiger partial charge in [0.25, 0.3) is 0 Å². The Morgan fingerprint density at radius 2 is 1.75 bits per heavy atom. The minimum absolute atomic E-state index is 0.0219. The van der Waals surface area contributed by atoms with Gasteiger partial charge in [0, 0.05) is 11.1 Å². The van der Waals surface area contributed by atoms with Gasteiger partial charge in [-0.15, -0.1) is 0 Å². The second kappa shape index (κ2) is 3.13. The van der Waals surface area contributed by atoms with Gasteiger partial charge in [-0.3, -0.25) is 0 Å². The summed E-state index contributed by atoms with van der Waals surface area (Å²) in [6.07, 6.45) is 6.50. The zero-order valence-corrected chi connectivity index (χ0v) is 8.38. The molecular weight excluding hydrogens is 208 g/mol. The molecule has 3 rings (SSSR count). The number of aromatic nitrogens is 4. The van der Waals surface area contributed by atoms with E-state index in [1.54, 1.807) is 0 Å². The number of rotatable bonds is 1. The van der Waals surface area contributed by atoms with Crippen LogP contribution in [0.1, 0.15) is 11.1 Å². The molecule has 1 aliphatic rings. The van der Waals surface area contributed by atoms with E-state index in [4.69, 9.17) is 0 Å². The lowest BCUT2D eigenvalue weighted by atomic mass is 10.0. The van der Waals surface area contributed by atoms with Gasteiger partial charge in [-0.1, -0.05) is 12.2 Å². The highest BCUT2D eigenvalue weighted by molar-refractivity contribution is 5.52. The van der Waals surface area contributed by atoms with E-state index in [-0.39, 0.29) is 11.8 Å². The van der Waals surface area contributed by atoms with E-state index in [1.807, 2.05) is 12.2 Å². The smallest absolute Gasteiger partial charge is 0.235 e. The minimum Gasteiger partial charge on any atom is -0.494 e. The van der Waals surface area contributed by atoms with Crippen molar-refractivity contribution in [1.82, 2.24) is 19.7 Å². The van der Waals surface area contributed by atoms with E-state index in [0.717, 1.165) is 11.1 Å². The maximum absolute atomic E-state index is 10.0. The van der Waals surface area contributed by atoms with E-state index >= 15 is 0 Å². The number of fused-ring (bicyclic) bond motifs is 1. The molecule has 2 aromatic rings. The Morgan fingerprint density at radius 3 is 2.25 bits per heavy atom. The summed E-state index contributed by atoms with van der Waals surface area (Å²) in [5.74, 6) is 0.353. The van der Waals surface area contributed by atoms with E-state index < -0.39 is 0 Å². The summed E-state index contributed by atoms with van der Waals surface area (Å²) >= 11 is 0. The molecule has 0 unspecified atom stereocenters. The van der Waals surface area contributed by atoms with Crippen LogP contribution in [0.2, 0.25) is 0 Å². The van der Waals surface area contributed by atoms with Crippen molar-refractivity contribution in [2.45, 2.75) is 12.8 Å². The number of allylic oxidation sites excluding steroid dienone is 2. The van der Waals surface area contributed by atoms with E-state index in [1.165, 1.54) is 10.9 Å². The number of aromatic amines is 1. The molecule has 0 amide bonds. The summed E-state index contributed by atoms with van der Waals surface area (Å²) < 4.78 is 1.27. The summed E-state index contributed by atoms with van der Waals surface area (Å²) in [7, 11) is 0. The van der Waals surface area contributed by atoms with Crippen molar-refractivity contribution in [3.8, 4) is 17.7 Å². The maximum Gasteiger partial charge on any atom is 0.235 e. The number of aromatic hydroxyl groups is 2. The summed E-state index contributed by atoms with van der Waals surface area (Å²) in [5.41, 5.74) is 1.49. The van der Waals surface area contributed by atoms with Crippen molar-refractivity contribution in [1.29, 1.82) is 0 Å². The van der Waals surface area contributed by atoms with Gasteiger partial charge in [-0.05, 0) is 12.8 Å². The molecule has 6 heteroatoms. The highest BCUT2D eigenvalue weighted by Gasteiger charge is 2.24. The third kappa shape index (κ3) is 1.06. The first-order chi connectivity index (χ1) is 7.79. The molecule has 0 saturated heterocycles. The standard InChI is InChI=1S/C10H10N4O2/c15-8-6-3-1-2-4-7(6)9(16)14(8)10-11-5-12-13-10/h1-2,5,15-16H,3-4H2,(H,11,12,13). The number of hydrogen-bond acceptors (Lipinski definition) is 4. The van der Waals surface area contributed by atoms with Gasteiger partial charge >= 0.3 is 0 Å². The Balaban J connectivity index is 2.24. The monoisotopic (exact) mass is 218 g/mol. The molecule has 0 aromatic carbocycles. The molecule has 3 N–H and O–H groups in total. The first-order valence-corrected chi connectivity index (χ1v) is 4.94. The van der Waals surface area contributed by atoms with Crippen LogP contribution in [0, 0.1) is 0 Å². The molecule has 0 atom stereocenters. The molecule has 0 bridgehead atoms. The average Bonchev–Trinajstić information content (AvgIpc) is 2.89. The van der Waals surface area contributed by atoms with Gasteiger partial charge in [-0.25, -0.2) is 9.67 Å². The predicted octanol–water partition coefficient (Wildman–Crippen LogP) is 0.661. The molecule has 6 nitrogen and oxygen atoms in total. The molecule has 1 aliphatic carbocycles. The van der Waals surface area contributed by atoms with Crippen LogP contribution in [0.3, 0.4) is 0 Å². The van der Waals surface area contributed by atoms with Crippen LogP contribution >= 0.6 is 0 Å². The molecular formula is C10H10N4O2. The second-order valence-corrected chi connectivity index (χ2v) is 3.63. The van der Waals surface area contributed by atoms with Crippen molar-refractivity contribution in [2.24, 2.45) is 0 Å². The van der Waals surface area contributed by atoms with Crippen LogP contribution < -0.4 is 0 Å². The van der Waals surface area contributed by atoms with Crippen molar-refractivity contribution in [3.63, 3.8) is 0 Å². The van der Waals surface area contributed by atoms with Crippen LogP contribution in [0.25, 0.3) is 5.95 Å². The summed E-state index contributed by atoms with van der Waals surface area (Å²) in [4.78, 5) is 3.91. The quantitative estimate of drug-likeness (QED) is 0.614. The highest BCUT2D eigenvalue weighted by atomic mass is 16.3. The van der Waals surface area contributed by atoms with Crippen molar-refractivity contribution in [3.05, 3.63) is 29.6 Å². The van der Waals surface area contributed by atoms with Gasteiger partial charge in [0.05, 0.1) is 0 Å². The zero-order chi connectivity index (χ0) is 11.1. The fraction of sp³-hybridized carbons (Fsp3) is 0.200. The number of hydrogen-bond donors (Lipinski definition) is 3. The number of nitrogens with zero attached hydrogens (tertiary/aromatic N) is 3. The molecule has 2 heterocycles. The first kappa shape index (κ1) is 9.02. The van der Waals surface area contributed by atoms with Gasteiger partial charge in [-0.2, -0.15) is 10.1 Å². The zero-order valence-electron chi connectivity index (χ0n) is 8.38. The first-order valence-electron chi connectivity index (χ1n) is 4.94. The van der Waals surface area contributed by atoms with Crippen LogP contribution in [0.15, 0.2) is 18.5 Å². The Bertz CT molecular complexity index is 522. The van der Waals surface area contributed by atoms with E-state index in [2.05, 4.69) is 15.2 Å². The lowest BCUT2D eigenvalue weighted by Gasteiger charge is -2.03. The van der Waals surface area contributed by atoms with Crippen LogP contribution in [-0.2, 0) is 12.8 Å². The maximum atomic E-state index is 10.0. The SMILES string of the molecule is Oc1c2c(c(O)n1-c1ncn[nH]1)CC=CC2. The number of nitrogens with one attached hydrogen (secondary N) is 1. The lowest BCUT2D eigenvalue weighted by Crippen LogP contribution is -1.95. The molecule has 2 aromatic heterocycles. The van der Waals surface area contributed by atoms with Crippen LogP contribution in [0.5, 0.6) is 11.8 Å². The van der Waals surface area contributed by atoms with Gasteiger partial charge in [0.15, 0.2) is 0 Å². The Labute approximate surface area is 90.9 Å². The van der Waals surface area contributed by atoms with Gasteiger partial charge in [0.1, 0.15) is 6.33 Å².